The van der Waals surface area contributed by atoms with Crippen LogP contribution in [0.1, 0.15) is 23.7 Å². The zero-order valence-corrected chi connectivity index (χ0v) is 17.5. The zero-order valence-electron chi connectivity index (χ0n) is 17.5. The van der Waals surface area contributed by atoms with Gasteiger partial charge in [-0.1, -0.05) is 30.3 Å². The number of methoxy groups -OCH3 is 1. The van der Waals surface area contributed by atoms with Crippen molar-refractivity contribution in [2.45, 2.75) is 26.6 Å². The smallest absolute Gasteiger partial charge is 0.191 e. The normalized spacial score (nSPS) is 11.1. The molecule has 0 atom stereocenters. The summed E-state index contributed by atoms with van der Waals surface area (Å²) in [4.78, 5) is 8.97. The van der Waals surface area contributed by atoms with E-state index in [4.69, 9.17) is 14.5 Å². The third-order valence-corrected chi connectivity index (χ3v) is 4.39. The van der Waals surface area contributed by atoms with Crippen LogP contribution in [0, 0.1) is 0 Å². The summed E-state index contributed by atoms with van der Waals surface area (Å²) in [5.41, 5.74) is 3.14. The van der Waals surface area contributed by atoms with Gasteiger partial charge in [0.2, 0.25) is 0 Å². The number of ether oxygens (including phenoxy) is 2. The number of benzene rings is 2. The fourth-order valence-electron chi connectivity index (χ4n) is 2.82. The van der Waals surface area contributed by atoms with E-state index in [9.17, 15) is 0 Å². The Kier molecular flexibility index (Phi) is 8.09. The second-order valence-electron chi connectivity index (χ2n) is 6.65. The maximum atomic E-state index is 5.86. The van der Waals surface area contributed by atoms with Gasteiger partial charge in [-0.15, -0.1) is 0 Å². The Morgan fingerprint density at radius 3 is 2.53 bits per heavy atom. The van der Waals surface area contributed by atoms with E-state index in [0.29, 0.717) is 19.7 Å². The average molecular weight is 405 g/mol. The number of guanidine groups is 1. The number of nitrogens with zero attached hydrogens (tertiary/aromatic N) is 2. The molecule has 0 radical (unpaired) electrons. The Morgan fingerprint density at radius 2 is 1.80 bits per heavy atom. The number of aliphatic imine (C=N–C) groups is 1. The minimum absolute atomic E-state index is 0.444. The molecular weight excluding hydrogens is 376 g/mol. The van der Waals surface area contributed by atoms with Crippen molar-refractivity contribution in [1.29, 1.82) is 0 Å². The Labute approximate surface area is 178 Å². The Bertz CT molecular complexity index is 927. The molecule has 0 fully saturated rings. The van der Waals surface area contributed by atoms with E-state index in [1.165, 1.54) is 0 Å². The molecular formula is C24H28N4O2. The molecule has 30 heavy (non-hydrogen) atoms. The number of rotatable bonds is 9. The molecule has 6 heteroatoms. The lowest BCUT2D eigenvalue weighted by Crippen LogP contribution is -2.36. The maximum absolute atomic E-state index is 5.86. The van der Waals surface area contributed by atoms with Gasteiger partial charge in [0.15, 0.2) is 5.96 Å². The standard InChI is InChI=1S/C24H28N4O2/c1-3-25-24(27-16-19-10-12-22(29-2)13-11-19)28-17-20-7-6-9-23(15-20)30-18-21-8-4-5-14-26-21/h4-15H,3,16-18H2,1-2H3,(H2,25,27,28). The van der Waals surface area contributed by atoms with Gasteiger partial charge in [-0.3, -0.25) is 4.98 Å². The molecule has 2 N–H and O–H groups in total. The van der Waals surface area contributed by atoms with Gasteiger partial charge >= 0.3 is 0 Å². The summed E-state index contributed by atoms with van der Waals surface area (Å²) in [6.07, 6.45) is 1.77. The number of hydrogen-bond acceptors (Lipinski definition) is 4. The largest absolute Gasteiger partial charge is 0.497 e. The maximum Gasteiger partial charge on any atom is 0.191 e. The second-order valence-corrected chi connectivity index (χ2v) is 6.65. The molecule has 1 aromatic heterocycles. The van der Waals surface area contributed by atoms with Crippen LogP contribution in [0.2, 0.25) is 0 Å². The summed E-state index contributed by atoms with van der Waals surface area (Å²) < 4.78 is 11.1. The van der Waals surface area contributed by atoms with Crippen LogP contribution < -0.4 is 20.1 Å². The molecule has 156 valence electrons. The molecule has 0 aliphatic rings. The second kappa shape index (κ2) is 11.5. The lowest BCUT2D eigenvalue weighted by atomic mass is 10.2. The van der Waals surface area contributed by atoms with Crippen LogP contribution in [-0.2, 0) is 19.7 Å². The van der Waals surface area contributed by atoms with Crippen molar-refractivity contribution in [2.75, 3.05) is 13.7 Å². The average Bonchev–Trinajstić information content (AvgIpc) is 2.81. The van der Waals surface area contributed by atoms with Gasteiger partial charge in [0.25, 0.3) is 0 Å². The van der Waals surface area contributed by atoms with E-state index in [0.717, 1.165) is 40.8 Å². The van der Waals surface area contributed by atoms with Crippen LogP contribution in [0.3, 0.4) is 0 Å². The van der Waals surface area contributed by atoms with Crippen LogP contribution >= 0.6 is 0 Å². The fraction of sp³-hybridized carbons (Fsp3) is 0.250. The van der Waals surface area contributed by atoms with Crippen molar-refractivity contribution in [2.24, 2.45) is 4.99 Å². The first-order chi connectivity index (χ1) is 14.8. The monoisotopic (exact) mass is 404 g/mol. The summed E-state index contributed by atoms with van der Waals surface area (Å²) in [6.45, 7) is 4.53. The van der Waals surface area contributed by atoms with Crippen LogP contribution in [0.15, 0.2) is 77.9 Å². The van der Waals surface area contributed by atoms with Crippen LogP contribution in [0.5, 0.6) is 11.5 Å². The molecule has 0 aliphatic heterocycles. The quantitative estimate of drug-likeness (QED) is 0.418. The SMILES string of the molecule is CCNC(=NCc1cccc(OCc2ccccn2)c1)NCc1ccc(OC)cc1. The molecule has 0 amide bonds. The molecule has 0 aliphatic carbocycles. The van der Waals surface area contributed by atoms with Gasteiger partial charge in [0, 0.05) is 19.3 Å². The molecule has 3 aromatic rings. The summed E-state index contributed by atoms with van der Waals surface area (Å²) in [5, 5.41) is 6.65. The molecule has 0 saturated heterocycles. The van der Waals surface area contributed by atoms with Crippen molar-refractivity contribution in [3.63, 3.8) is 0 Å². The van der Waals surface area contributed by atoms with Crippen LogP contribution in [-0.4, -0.2) is 24.6 Å². The van der Waals surface area contributed by atoms with E-state index in [2.05, 4.69) is 22.5 Å². The molecule has 2 aromatic carbocycles. The van der Waals surface area contributed by atoms with Crippen LogP contribution in [0.25, 0.3) is 0 Å². The highest BCUT2D eigenvalue weighted by molar-refractivity contribution is 5.79. The molecule has 0 saturated carbocycles. The lowest BCUT2D eigenvalue weighted by Gasteiger charge is -2.12. The Hall–Kier alpha value is -3.54. The van der Waals surface area contributed by atoms with E-state index in [-0.39, 0.29) is 0 Å². The van der Waals surface area contributed by atoms with E-state index in [1.54, 1.807) is 13.3 Å². The first-order valence-electron chi connectivity index (χ1n) is 10.0. The summed E-state index contributed by atoms with van der Waals surface area (Å²) in [7, 11) is 1.67. The predicted octanol–water partition coefficient (Wildman–Crippen LogP) is 3.92. The number of nitrogens with one attached hydrogen (secondary N) is 2. The topological polar surface area (TPSA) is 67.8 Å². The van der Waals surface area contributed by atoms with E-state index >= 15 is 0 Å². The molecule has 6 nitrogen and oxygen atoms in total. The first kappa shape index (κ1) is 21.2. The van der Waals surface area contributed by atoms with Gasteiger partial charge in [0.1, 0.15) is 18.1 Å². The summed E-state index contributed by atoms with van der Waals surface area (Å²) in [6, 6.07) is 21.8. The highest BCUT2D eigenvalue weighted by Crippen LogP contribution is 2.15. The summed E-state index contributed by atoms with van der Waals surface area (Å²) in [5.74, 6) is 2.43. The highest BCUT2D eigenvalue weighted by Gasteiger charge is 2.02. The van der Waals surface area contributed by atoms with Gasteiger partial charge in [-0.05, 0) is 54.4 Å². The van der Waals surface area contributed by atoms with Gasteiger partial charge in [-0.25, -0.2) is 4.99 Å². The van der Waals surface area contributed by atoms with Crippen molar-refractivity contribution in [3.05, 3.63) is 89.7 Å². The predicted molar refractivity (Wildman–Crippen MR) is 120 cm³/mol. The third kappa shape index (κ3) is 6.81. The van der Waals surface area contributed by atoms with Crippen molar-refractivity contribution in [1.82, 2.24) is 15.6 Å². The minimum Gasteiger partial charge on any atom is -0.497 e. The molecule has 0 spiro atoms. The Morgan fingerprint density at radius 1 is 0.933 bits per heavy atom. The third-order valence-electron chi connectivity index (χ3n) is 4.39. The first-order valence-corrected chi connectivity index (χ1v) is 10.0. The van der Waals surface area contributed by atoms with Crippen molar-refractivity contribution in [3.8, 4) is 11.5 Å². The van der Waals surface area contributed by atoms with Crippen molar-refractivity contribution < 1.29 is 9.47 Å². The van der Waals surface area contributed by atoms with Crippen molar-refractivity contribution >= 4 is 5.96 Å². The van der Waals surface area contributed by atoms with Gasteiger partial charge in [0.05, 0.1) is 19.3 Å². The number of aromatic nitrogens is 1. The summed E-state index contributed by atoms with van der Waals surface area (Å²) >= 11 is 0. The van der Waals surface area contributed by atoms with E-state index in [1.807, 2.05) is 66.7 Å². The van der Waals surface area contributed by atoms with Crippen LogP contribution in [0.4, 0.5) is 0 Å². The van der Waals surface area contributed by atoms with E-state index < -0.39 is 0 Å². The minimum atomic E-state index is 0.444. The number of pyridine rings is 1. The van der Waals surface area contributed by atoms with Gasteiger partial charge in [-0.2, -0.15) is 0 Å². The molecule has 1 heterocycles. The Balaban J connectivity index is 1.56. The highest BCUT2D eigenvalue weighted by atomic mass is 16.5. The zero-order chi connectivity index (χ0) is 21.0. The van der Waals surface area contributed by atoms with Gasteiger partial charge < -0.3 is 20.1 Å². The fourth-order valence-corrected chi connectivity index (χ4v) is 2.82. The molecule has 0 bridgehead atoms. The molecule has 0 unspecified atom stereocenters. The number of hydrogen-bond donors (Lipinski definition) is 2. The molecule has 3 rings (SSSR count). The lowest BCUT2D eigenvalue weighted by molar-refractivity contribution is 0.301.